The maximum absolute atomic E-state index is 13.8. The molecule has 0 spiro atoms. The summed E-state index contributed by atoms with van der Waals surface area (Å²) in [6, 6.07) is 6.66. The molecule has 2 aromatic heterocycles. The average Bonchev–Trinajstić information content (AvgIpc) is 3.14. The van der Waals surface area contributed by atoms with E-state index in [-0.39, 0.29) is 5.82 Å². The van der Waals surface area contributed by atoms with E-state index in [0.29, 0.717) is 18.0 Å². The van der Waals surface area contributed by atoms with Gasteiger partial charge in [-0.3, -0.25) is 0 Å². The Bertz CT molecular complexity index is 1000. The third kappa shape index (κ3) is 9.86. The Hall–Kier alpha value is -2.43. The Labute approximate surface area is 181 Å². The average molecular weight is 458 g/mol. The summed E-state index contributed by atoms with van der Waals surface area (Å²) in [6.45, 7) is 4.46. The highest BCUT2D eigenvalue weighted by Crippen LogP contribution is 2.37. The van der Waals surface area contributed by atoms with Crippen LogP contribution in [0.25, 0.3) is 21.3 Å². The summed E-state index contributed by atoms with van der Waals surface area (Å²) in [4.78, 5) is 17.6. The molecule has 0 aliphatic carbocycles. The van der Waals surface area contributed by atoms with Gasteiger partial charge >= 0.3 is 0 Å². The maximum Gasteiger partial charge on any atom is 0.234 e. The molecule has 0 saturated heterocycles. The monoisotopic (exact) mass is 457 g/mol. The van der Waals surface area contributed by atoms with E-state index in [9.17, 15) is 17.6 Å². The molecule has 0 atom stereocenters. The number of rotatable bonds is 4. The zero-order valence-electron chi connectivity index (χ0n) is 18.0. The number of carbonyl (C=O) groups excluding carboxylic acids is 1. The lowest BCUT2D eigenvalue weighted by Gasteiger charge is -2.02. The quantitative estimate of drug-likeness (QED) is 0.598. The van der Waals surface area contributed by atoms with Gasteiger partial charge < -0.3 is 14.8 Å². The number of methoxy groups -OCH3 is 1. The fourth-order valence-corrected chi connectivity index (χ4v) is 2.91. The number of halogens is 1. The highest BCUT2D eigenvalue weighted by molar-refractivity contribution is 7.89. The second kappa shape index (κ2) is 14.5. The number of carbonyl (C=O) groups is 1. The predicted molar refractivity (Wildman–Crippen MR) is 121 cm³/mol. The Morgan fingerprint density at radius 1 is 1.17 bits per heavy atom. The number of benzene rings is 1. The van der Waals surface area contributed by atoms with Crippen LogP contribution < -0.4 is 10.1 Å². The van der Waals surface area contributed by atoms with Crippen LogP contribution in [0.5, 0.6) is 5.88 Å². The summed E-state index contributed by atoms with van der Waals surface area (Å²) in [6.07, 6.45) is 4.57. The number of aromatic nitrogens is 2. The number of hydrogen-bond donors (Lipinski definition) is 1. The maximum atomic E-state index is 13.8. The fourth-order valence-electron chi connectivity index (χ4n) is 1.93. The minimum atomic E-state index is -2.67. The van der Waals surface area contributed by atoms with E-state index in [1.807, 2.05) is 19.2 Å². The molecule has 0 aliphatic heterocycles. The molecule has 2 heterocycles. The van der Waals surface area contributed by atoms with Crippen LogP contribution in [0.15, 0.2) is 36.0 Å². The smallest absolute Gasteiger partial charge is 0.234 e. The van der Waals surface area contributed by atoms with Gasteiger partial charge in [0.05, 0.1) is 19.2 Å². The number of sulfone groups is 1. The fraction of sp³-hybridized carbons (Fsp3) is 0.350. The van der Waals surface area contributed by atoms with Crippen molar-refractivity contribution in [2.75, 3.05) is 33.2 Å². The minimum absolute atomic E-state index is 0.255. The standard InChI is InChI=1S/C13H9FN2OS.C3H7NO.C2H6O2S.C2H6/c1-17-13-12-11(15-7-16-13)9(6-18-12)8-4-2-3-5-10(8)14;1-4-2-3-5;1-5(2,3)4;1-2/h2-7H,1H3;3-4H,2H2,1H3;1-2H3;1-2H3. The molecule has 0 radical (unpaired) electrons. The van der Waals surface area contributed by atoms with Crippen LogP contribution in [-0.4, -0.2) is 57.9 Å². The zero-order chi connectivity index (χ0) is 23.2. The van der Waals surface area contributed by atoms with E-state index < -0.39 is 9.84 Å². The van der Waals surface area contributed by atoms with E-state index >= 15 is 0 Å². The number of aldehydes is 1. The molecular formula is C20H28FN3O4S2. The van der Waals surface area contributed by atoms with Gasteiger partial charge in [0.25, 0.3) is 0 Å². The van der Waals surface area contributed by atoms with E-state index in [1.165, 1.54) is 23.7 Å². The third-order valence-corrected chi connectivity index (χ3v) is 3.92. The second-order valence-corrected chi connectivity index (χ2v) is 8.72. The number of ether oxygens (including phenoxy) is 1. The summed E-state index contributed by atoms with van der Waals surface area (Å²) in [5.41, 5.74) is 2.04. The van der Waals surface area contributed by atoms with E-state index in [2.05, 4.69) is 15.3 Å². The van der Waals surface area contributed by atoms with Crippen LogP contribution in [0, 0.1) is 5.82 Å². The van der Waals surface area contributed by atoms with Gasteiger partial charge in [0, 0.05) is 29.0 Å². The van der Waals surface area contributed by atoms with Crippen molar-refractivity contribution in [2.45, 2.75) is 13.8 Å². The molecule has 10 heteroatoms. The summed E-state index contributed by atoms with van der Waals surface area (Å²) in [5, 5.41) is 4.52. The molecule has 0 aliphatic rings. The van der Waals surface area contributed by atoms with Crippen molar-refractivity contribution in [1.29, 1.82) is 0 Å². The molecule has 0 saturated carbocycles. The number of thiophene rings is 1. The number of fused-ring (bicyclic) bond motifs is 1. The van der Waals surface area contributed by atoms with Crippen molar-refractivity contribution >= 4 is 37.7 Å². The van der Waals surface area contributed by atoms with Gasteiger partial charge in [-0.2, -0.15) is 0 Å². The highest BCUT2D eigenvalue weighted by Gasteiger charge is 2.14. The van der Waals surface area contributed by atoms with Crippen molar-refractivity contribution < 1.29 is 22.3 Å². The van der Waals surface area contributed by atoms with Crippen LogP contribution in [-0.2, 0) is 14.6 Å². The lowest BCUT2D eigenvalue weighted by Crippen LogP contribution is -2.07. The van der Waals surface area contributed by atoms with Crippen molar-refractivity contribution in [2.24, 2.45) is 0 Å². The van der Waals surface area contributed by atoms with Crippen molar-refractivity contribution in [3.63, 3.8) is 0 Å². The van der Waals surface area contributed by atoms with Crippen LogP contribution in [0.4, 0.5) is 4.39 Å². The topological polar surface area (TPSA) is 98.2 Å². The van der Waals surface area contributed by atoms with Gasteiger partial charge in [0.1, 0.15) is 33.0 Å². The van der Waals surface area contributed by atoms with Crippen LogP contribution >= 0.6 is 11.3 Å². The molecule has 0 unspecified atom stereocenters. The molecule has 3 rings (SSSR count). The Kier molecular flexibility index (Phi) is 13.4. The van der Waals surface area contributed by atoms with Gasteiger partial charge in [-0.1, -0.05) is 32.0 Å². The molecule has 0 fully saturated rings. The first-order valence-corrected chi connectivity index (χ1v) is 12.1. The molecule has 1 N–H and O–H groups in total. The lowest BCUT2D eigenvalue weighted by atomic mass is 10.1. The van der Waals surface area contributed by atoms with E-state index in [1.54, 1.807) is 32.4 Å². The molecule has 1 aromatic carbocycles. The van der Waals surface area contributed by atoms with Gasteiger partial charge in [-0.05, 0) is 13.1 Å². The second-order valence-electron chi connectivity index (χ2n) is 5.56. The molecular weight excluding hydrogens is 429 g/mol. The van der Waals surface area contributed by atoms with Crippen LogP contribution in [0.2, 0.25) is 0 Å². The summed E-state index contributed by atoms with van der Waals surface area (Å²) in [5.74, 6) is 0.266. The molecule has 166 valence electrons. The largest absolute Gasteiger partial charge is 0.480 e. The zero-order valence-corrected chi connectivity index (χ0v) is 19.6. The van der Waals surface area contributed by atoms with Gasteiger partial charge in [-0.15, -0.1) is 11.3 Å². The first-order chi connectivity index (χ1) is 14.2. The van der Waals surface area contributed by atoms with E-state index in [0.717, 1.165) is 34.6 Å². The van der Waals surface area contributed by atoms with Crippen molar-refractivity contribution in [3.05, 3.63) is 41.8 Å². The Morgan fingerprint density at radius 3 is 2.23 bits per heavy atom. The van der Waals surface area contributed by atoms with Crippen molar-refractivity contribution in [3.8, 4) is 17.0 Å². The predicted octanol–water partition coefficient (Wildman–Crippen LogP) is 3.60. The van der Waals surface area contributed by atoms with E-state index in [4.69, 9.17) is 4.74 Å². The lowest BCUT2D eigenvalue weighted by molar-refractivity contribution is -0.107. The molecule has 3 aromatic rings. The minimum Gasteiger partial charge on any atom is -0.480 e. The summed E-state index contributed by atoms with van der Waals surface area (Å²) >= 11 is 1.45. The van der Waals surface area contributed by atoms with Gasteiger partial charge in [0.15, 0.2) is 0 Å². The Balaban J connectivity index is 0.000000586. The van der Waals surface area contributed by atoms with Gasteiger partial charge in [-0.25, -0.2) is 22.8 Å². The summed E-state index contributed by atoms with van der Waals surface area (Å²) in [7, 11) is 0.624. The molecule has 0 bridgehead atoms. The van der Waals surface area contributed by atoms with Crippen LogP contribution in [0.1, 0.15) is 13.8 Å². The number of nitrogens with one attached hydrogen (secondary N) is 1. The number of hydrogen-bond acceptors (Lipinski definition) is 8. The molecule has 7 nitrogen and oxygen atoms in total. The number of likely N-dealkylation sites (N-methyl/N-ethyl adjacent to an activating group) is 1. The van der Waals surface area contributed by atoms with Crippen LogP contribution in [0.3, 0.4) is 0 Å². The van der Waals surface area contributed by atoms with Gasteiger partial charge in [0.2, 0.25) is 5.88 Å². The van der Waals surface area contributed by atoms with Crippen molar-refractivity contribution in [1.82, 2.24) is 15.3 Å². The highest BCUT2D eigenvalue weighted by atomic mass is 32.2. The third-order valence-electron chi connectivity index (χ3n) is 2.97. The first-order valence-electron chi connectivity index (χ1n) is 8.97. The SMILES string of the molecule is CC.CNCC=O.COc1ncnc2c(-c3ccccc3F)csc12.CS(C)(=O)=O. The molecule has 0 amide bonds. The normalized spacial score (nSPS) is 9.83. The summed E-state index contributed by atoms with van der Waals surface area (Å²) < 4.78 is 39.1. The number of nitrogens with zero attached hydrogens (tertiary/aromatic N) is 2. The molecule has 30 heavy (non-hydrogen) atoms. The Morgan fingerprint density at radius 2 is 1.77 bits per heavy atom. The first kappa shape index (κ1) is 27.6.